The van der Waals surface area contributed by atoms with Crippen LogP contribution >= 0.6 is 15.9 Å². The lowest BCUT2D eigenvalue weighted by Crippen LogP contribution is -2.05. The van der Waals surface area contributed by atoms with Crippen LogP contribution in [0, 0.1) is 12.7 Å². The van der Waals surface area contributed by atoms with Crippen LogP contribution < -0.4 is 0 Å². The van der Waals surface area contributed by atoms with E-state index in [2.05, 4.69) is 20.9 Å². The molecule has 1 aromatic heterocycles. The summed E-state index contributed by atoms with van der Waals surface area (Å²) in [5.74, 6) is -0.456. The third-order valence-corrected chi connectivity index (χ3v) is 3.10. The number of aromatic nitrogens is 1. The van der Waals surface area contributed by atoms with Gasteiger partial charge in [0, 0.05) is 11.8 Å². The molecule has 0 fully saturated rings. The molecular formula is C13H11BrFNO. The van der Waals surface area contributed by atoms with E-state index in [4.69, 9.17) is 0 Å². The SMILES string of the molecule is Cc1ccc(C(O)c2cccc(Br)c2F)nc1. The molecule has 1 aromatic carbocycles. The van der Waals surface area contributed by atoms with Crippen molar-refractivity contribution >= 4 is 15.9 Å². The van der Waals surface area contributed by atoms with Crippen molar-refractivity contribution in [1.82, 2.24) is 4.98 Å². The Morgan fingerprint density at radius 1 is 1.29 bits per heavy atom. The molecule has 4 heteroatoms. The van der Waals surface area contributed by atoms with E-state index in [0.29, 0.717) is 10.2 Å². The van der Waals surface area contributed by atoms with E-state index >= 15 is 0 Å². The van der Waals surface area contributed by atoms with Crippen molar-refractivity contribution in [2.24, 2.45) is 0 Å². The largest absolute Gasteiger partial charge is 0.382 e. The van der Waals surface area contributed by atoms with Gasteiger partial charge in [-0.1, -0.05) is 18.2 Å². The Hall–Kier alpha value is -1.26. The van der Waals surface area contributed by atoms with Crippen LogP contribution in [0.3, 0.4) is 0 Å². The summed E-state index contributed by atoms with van der Waals surface area (Å²) in [5, 5.41) is 10.1. The molecule has 2 nitrogen and oxygen atoms in total. The number of aliphatic hydroxyl groups excluding tert-OH is 1. The van der Waals surface area contributed by atoms with Crippen LogP contribution in [0.15, 0.2) is 41.0 Å². The maximum Gasteiger partial charge on any atom is 0.143 e. The van der Waals surface area contributed by atoms with E-state index in [-0.39, 0.29) is 5.56 Å². The van der Waals surface area contributed by atoms with Gasteiger partial charge in [0.05, 0.1) is 10.2 Å². The number of rotatable bonds is 2. The number of hydrogen-bond donors (Lipinski definition) is 1. The topological polar surface area (TPSA) is 33.1 Å². The number of nitrogens with zero attached hydrogens (tertiary/aromatic N) is 1. The fourth-order valence-corrected chi connectivity index (χ4v) is 1.91. The third kappa shape index (κ3) is 2.53. The molecule has 0 spiro atoms. The second-order valence-corrected chi connectivity index (χ2v) is 4.66. The van der Waals surface area contributed by atoms with Crippen LogP contribution in [0.5, 0.6) is 0 Å². The average Bonchev–Trinajstić information content (AvgIpc) is 2.33. The van der Waals surface area contributed by atoms with Crippen molar-refractivity contribution in [3.63, 3.8) is 0 Å². The van der Waals surface area contributed by atoms with E-state index in [0.717, 1.165) is 5.56 Å². The van der Waals surface area contributed by atoms with E-state index in [1.165, 1.54) is 0 Å². The first kappa shape index (κ1) is 12.2. The zero-order valence-electron chi connectivity index (χ0n) is 9.19. The number of aryl methyl sites for hydroxylation is 1. The Balaban J connectivity index is 2.40. The molecule has 17 heavy (non-hydrogen) atoms. The molecule has 0 aliphatic carbocycles. The van der Waals surface area contributed by atoms with Crippen molar-refractivity contribution in [2.75, 3.05) is 0 Å². The molecule has 1 N–H and O–H groups in total. The van der Waals surface area contributed by atoms with Crippen LogP contribution in [0.25, 0.3) is 0 Å². The molecular weight excluding hydrogens is 285 g/mol. The van der Waals surface area contributed by atoms with Crippen LogP contribution in [0.2, 0.25) is 0 Å². The van der Waals surface area contributed by atoms with Gasteiger partial charge in [0.25, 0.3) is 0 Å². The molecule has 1 unspecified atom stereocenters. The highest BCUT2D eigenvalue weighted by molar-refractivity contribution is 9.10. The minimum Gasteiger partial charge on any atom is -0.382 e. The number of halogens is 2. The first-order valence-corrected chi connectivity index (χ1v) is 5.93. The van der Waals surface area contributed by atoms with E-state index in [9.17, 15) is 9.50 Å². The highest BCUT2D eigenvalue weighted by atomic mass is 79.9. The summed E-state index contributed by atoms with van der Waals surface area (Å²) in [6.07, 6.45) is 0.599. The Kier molecular flexibility index (Phi) is 3.54. The number of aliphatic hydroxyl groups is 1. The lowest BCUT2D eigenvalue weighted by Gasteiger charge is -2.12. The molecule has 0 aliphatic heterocycles. The van der Waals surface area contributed by atoms with Crippen molar-refractivity contribution in [3.05, 3.63) is 63.6 Å². The van der Waals surface area contributed by atoms with Crippen molar-refractivity contribution in [1.29, 1.82) is 0 Å². The molecule has 1 atom stereocenters. The lowest BCUT2D eigenvalue weighted by molar-refractivity contribution is 0.210. The minimum atomic E-state index is -1.05. The van der Waals surface area contributed by atoms with Crippen LogP contribution in [-0.2, 0) is 0 Å². The summed E-state index contributed by atoms with van der Waals surface area (Å²) >= 11 is 3.09. The summed E-state index contributed by atoms with van der Waals surface area (Å²) in [6, 6.07) is 8.35. The number of benzene rings is 1. The molecule has 2 rings (SSSR count). The Bertz CT molecular complexity index is 527. The average molecular weight is 296 g/mol. The fourth-order valence-electron chi connectivity index (χ4n) is 1.53. The lowest BCUT2D eigenvalue weighted by atomic mass is 10.1. The molecule has 0 saturated heterocycles. The van der Waals surface area contributed by atoms with Gasteiger partial charge in [-0.25, -0.2) is 4.39 Å². The smallest absolute Gasteiger partial charge is 0.143 e. The molecule has 0 aliphatic rings. The fraction of sp³-hybridized carbons (Fsp3) is 0.154. The predicted octanol–water partition coefficient (Wildman–Crippen LogP) is 3.37. The van der Waals surface area contributed by atoms with Gasteiger partial charge < -0.3 is 5.11 Å². The molecule has 0 bridgehead atoms. The molecule has 0 saturated carbocycles. The highest BCUT2D eigenvalue weighted by Gasteiger charge is 2.17. The number of pyridine rings is 1. The van der Waals surface area contributed by atoms with E-state index in [1.807, 2.05) is 13.0 Å². The highest BCUT2D eigenvalue weighted by Crippen LogP contribution is 2.27. The zero-order valence-corrected chi connectivity index (χ0v) is 10.8. The second-order valence-electron chi connectivity index (χ2n) is 3.81. The van der Waals surface area contributed by atoms with Crippen molar-refractivity contribution < 1.29 is 9.50 Å². The molecule has 0 amide bonds. The summed E-state index contributed by atoms with van der Waals surface area (Å²) in [7, 11) is 0. The first-order chi connectivity index (χ1) is 8.09. The first-order valence-electron chi connectivity index (χ1n) is 5.14. The predicted molar refractivity (Wildman–Crippen MR) is 67.1 cm³/mol. The molecule has 0 radical (unpaired) electrons. The Morgan fingerprint density at radius 2 is 2.06 bits per heavy atom. The van der Waals surface area contributed by atoms with Gasteiger partial charge in [-0.15, -0.1) is 0 Å². The summed E-state index contributed by atoms with van der Waals surface area (Å²) < 4.78 is 14.1. The van der Waals surface area contributed by atoms with E-state index < -0.39 is 11.9 Å². The minimum absolute atomic E-state index is 0.218. The van der Waals surface area contributed by atoms with Gasteiger partial charge in [-0.3, -0.25) is 4.98 Å². The van der Waals surface area contributed by atoms with Crippen molar-refractivity contribution in [2.45, 2.75) is 13.0 Å². The Labute approximate surface area is 107 Å². The zero-order chi connectivity index (χ0) is 12.4. The monoisotopic (exact) mass is 295 g/mol. The van der Waals surface area contributed by atoms with Crippen molar-refractivity contribution in [3.8, 4) is 0 Å². The third-order valence-electron chi connectivity index (χ3n) is 2.49. The van der Waals surface area contributed by atoms with Gasteiger partial charge >= 0.3 is 0 Å². The summed E-state index contributed by atoms with van der Waals surface area (Å²) in [5.41, 5.74) is 1.65. The quantitative estimate of drug-likeness (QED) is 0.921. The summed E-state index contributed by atoms with van der Waals surface area (Å²) in [6.45, 7) is 1.91. The maximum atomic E-state index is 13.8. The van der Waals surface area contributed by atoms with Gasteiger partial charge in [0.1, 0.15) is 11.9 Å². The Morgan fingerprint density at radius 3 is 2.71 bits per heavy atom. The van der Waals surface area contributed by atoms with Gasteiger partial charge in [0.2, 0.25) is 0 Å². The second kappa shape index (κ2) is 4.94. The summed E-state index contributed by atoms with van der Waals surface area (Å²) in [4.78, 5) is 4.09. The van der Waals surface area contributed by atoms with Crippen LogP contribution in [0.4, 0.5) is 4.39 Å². The molecule has 2 aromatic rings. The number of hydrogen-bond acceptors (Lipinski definition) is 2. The van der Waals surface area contributed by atoms with Crippen LogP contribution in [0.1, 0.15) is 22.9 Å². The van der Waals surface area contributed by atoms with Gasteiger partial charge in [-0.2, -0.15) is 0 Å². The molecule has 88 valence electrons. The van der Waals surface area contributed by atoms with Gasteiger partial charge in [0.15, 0.2) is 0 Å². The van der Waals surface area contributed by atoms with Gasteiger partial charge in [-0.05, 0) is 40.5 Å². The van der Waals surface area contributed by atoms with Crippen LogP contribution in [-0.4, -0.2) is 10.1 Å². The maximum absolute atomic E-state index is 13.8. The van der Waals surface area contributed by atoms with E-state index in [1.54, 1.807) is 30.5 Å². The normalized spacial score (nSPS) is 12.5. The standard InChI is InChI=1S/C13H11BrFNO/c1-8-5-6-11(16-7-8)13(17)9-3-2-4-10(14)12(9)15/h2-7,13,17H,1H3. The molecule has 1 heterocycles.